The molecule has 0 saturated carbocycles. The first-order valence-electron chi connectivity index (χ1n) is 9.22. The predicted molar refractivity (Wildman–Crippen MR) is 103 cm³/mol. The number of ether oxygens (including phenoxy) is 1. The molecule has 0 fully saturated rings. The highest BCUT2D eigenvalue weighted by Gasteiger charge is 2.28. The maximum atomic E-state index is 14.2. The Labute approximate surface area is 167 Å². The van der Waals surface area contributed by atoms with Gasteiger partial charge in [0.2, 0.25) is 5.95 Å². The Morgan fingerprint density at radius 2 is 2.13 bits per heavy atom. The molecule has 1 aliphatic heterocycles. The van der Waals surface area contributed by atoms with Crippen LogP contribution in [0, 0.1) is 5.82 Å². The highest BCUT2D eigenvalue weighted by Crippen LogP contribution is 2.36. The summed E-state index contributed by atoms with van der Waals surface area (Å²) < 4.78 is 22.9. The molecule has 4 aromatic heterocycles. The lowest BCUT2D eigenvalue weighted by Gasteiger charge is -2.26. The van der Waals surface area contributed by atoms with Gasteiger partial charge in [0, 0.05) is 12.0 Å². The maximum absolute atomic E-state index is 14.2. The quantitative estimate of drug-likeness (QED) is 0.476. The highest BCUT2D eigenvalue weighted by atomic mass is 19.1. The monoisotopic (exact) mass is 404 g/mol. The van der Waals surface area contributed by atoms with E-state index in [4.69, 9.17) is 4.74 Å². The Morgan fingerprint density at radius 1 is 1.20 bits per heavy atom. The second-order valence-corrected chi connectivity index (χ2v) is 6.86. The smallest absolute Gasteiger partial charge is 0.328 e. The predicted octanol–water partition coefficient (Wildman–Crippen LogP) is 1.76. The van der Waals surface area contributed by atoms with Gasteiger partial charge in [0.15, 0.2) is 22.9 Å². The number of aromatic amines is 1. The number of fused-ring (bicyclic) bond motifs is 3. The second-order valence-electron chi connectivity index (χ2n) is 6.86. The SMILES string of the molecule is O=c1[nH]c2cnc(-n3cnc4ncncc43)nc2n1[C@@H]1CCOc2c(F)cccc21. The van der Waals surface area contributed by atoms with Crippen LogP contribution in [0.25, 0.3) is 28.3 Å². The second kappa shape index (κ2) is 6.17. The topological polar surface area (TPSA) is 116 Å². The zero-order valence-electron chi connectivity index (χ0n) is 15.4. The molecule has 1 aliphatic rings. The van der Waals surface area contributed by atoms with Gasteiger partial charge < -0.3 is 9.72 Å². The molecule has 1 atom stereocenters. The third-order valence-corrected chi connectivity index (χ3v) is 5.19. The molecule has 30 heavy (non-hydrogen) atoms. The number of H-pyrrole nitrogens is 1. The Morgan fingerprint density at radius 3 is 3.07 bits per heavy atom. The van der Waals surface area contributed by atoms with Crippen molar-refractivity contribution in [2.75, 3.05) is 6.61 Å². The van der Waals surface area contributed by atoms with E-state index in [2.05, 4.69) is 29.9 Å². The van der Waals surface area contributed by atoms with Crippen LogP contribution in [-0.2, 0) is 0 Å². The number of imidazole rings is 2. The molecule has 0 bridgehead atoms. The first-order valence-corrected chi connectivity index (χ1v) is 9.22. The number of para-hydroxylation sites is 1. The van der Waals surface area contributed by atoms with Crippen molar-refractivity contribution in [3.63, 3.8) is 0 Å². The lowest BCUT2D eigenvalue weighted by molar-refractivity contribution is 0.244. The zero-order valence-corrected chi connectivity index (χ0v) is 15.4. The highest BCUT2D eigenvalue weighted by molar-refractivity contribution is 5.73. The molecule has 5 heterocycles. The lowest BCUT2D eigenvalue weighted by atomic mass is 10.00. The van der Waals surface area contributed by atoms with Crippen LogP contribution in [0.15, 0.2) is 48.0 Å². The fourth-order valence-corrected chi connectivity index (χ4v) is 3.87. The summed E-state index contributed by atoms with van der Waals surface area (Å²) >= 11 is 0. The maximum Gasteiger partial charge on any atom is 0.328 e. The van der Waals surface area contributed by atoms with Gasteiger partial charge in [-0.15, -0.1) is 0 Å². The van der Waals surface area contributed by atoms with Crippen molar-refractivity contribution in [2.24, 2.45) is 0 Å². The Bertz CT molecular complexity index is 1490. The average Bonchev–Trinajstić information content (AvgIpc) is 3.33. The third kappa shape index (κ3) is 2.35. The number of hydrogen-bond donors (Lipinski definition) is 1. The van der Waals surface area contributed by atoms with E-state index in [-0.39, 0.29) is 11.4 Å². The van der Waals surface area contributed by atoms with E-state index >= 15 is 0 Å². The van der Waals surface area contributed by atoms with E-state index < -0.39 is 11.9 Å². The first kappa shape index (κ1) is 16.8. The number of halogens is 1. The summed E-state index contributed by atoms with van der Waals surface area (Å²) in [5, 5.41) is 0. The van der Waals surface area contributed by atoms with Crippen molar-refractivity contribution < 1.29 is 9.13 Å². The minimum Gasteiger partial charge on any atom is -0.490 e. The van der Waals surface area contributed by atoms with Crippen molar-refractivity contribution in [1.29, 1.82) is 0 Å². The van der Waals surface area contributed by atoms with Gasteiger partial charge in [-0.25, -0.2) is 29.1 Å². The van der Waals surface area contributed by atoms with Crippen LogP contribution in [0.5, 0.6) is 5.75 Å². The number of nitrogens with zero attached hydrogens (tertiary/aromatic N) is 7. The van der Waals surface area contributed by atoms with E-state index in [1.807, 2.05) is 0 Å². The van der Waals surface area contributed by atoms with Crippen LogP contribution < -0.4 is 10.4 Å². The van der Waals surface area contributed by atoms with Gasteiger partial charge in [-0.3, -0.25) is 9.13 Å². The van der Waals surface area contributed by atoms with Gasteiger partial charge in [0.05, 0.1) is 25.0 Å². The van der Waals surface area contributed by atoms with E-state index in [1.54, 1.807) is 29.2 Å². The number of rotatable bonds is 2. The molecule has 11 heteroatoms. The van der Waals surface area contributed by atoms with Crippen molar-refractivity contribution >= 4 is 22.3 Å². The zero-order chi connectivity index (χ0) is 20.2. The van der Waals surface area contributed by atoms with E-state index in [1.165, 1.54) is 23.2 Å². The molecule has 1 N–H and O–H groups in total. The van der Waals surface area contributed by atoms with Gasteiger partial charge >= 0.3 is 5.69 Å². The molecule has 5 aromatic rings. The molecule has 0 radical (unpaired) electrons. The van der Waals surface area contributed by atoms with Crippen molar-refractivity contribution in [3.05, 3.63) is 65.1 Å². The summed E-state index contributed by atoms with van der Waals surface area (Å²) in [7, 11) is 0. The Hall–Kier alpha value is -4.15. The summed E-state index contributed by atoms with van der Waals surface area (Å²) in [6.07, 6.45) is 6.62. The van der Waals surface area contributed by atoms with E-state index in [0.29, 0.717) is 46.9 Å². The summed E-state index contributed by atoms with van der Waals surface area (Å²) in [5.74, 6) is 0.0337. The van der Waals surface area contributed by atoms with Crippen LogP contribution in [-0.4, -0.2) is 45.6 Å². The molecule has 148 valence electrons. The summed E-state index contributed by atoms with van der Waals surface area (Å²) in [4.78, 5) is 36.9. The van der Waals surface area contributed by atoms with Gasteiger partial charge in [0.1, 0.15) is 23.7 Å². The molecule has 0 saturated heterocycles. The molecule has 0 aliphatic carbocycles. The third-order valence-electron chi connectivity index (χ3n) is 5.19. The number of hydrogen-bond acceptors (Lipinski definition) is 7. The van der Waals surface area contributed by atoms with Crippen LogP contribution in [0.4, 0.5) is 4.39 Å². The average molecular weight is 404 g/mol. The number of nitrogens with one attached hydrogen (secondary N) is 1. The van der Waals surface area contributed by atoms with Gasteiger partial charge in [-0.05, 0) is 6.07 Å². The minimum atomic E-state index is -0.453. The number of benzene rings is 1. The largest absolute Gasteiger partial charge is 0.490 e. The van der Waals surface area contributed by atoms with E-state index in [9.17, 15) is 9.18 Å². The van der Waals surface area contributed by atoms with Crippen molar-refractivity contribution in [3.8, 4) is 11.7 Å². The molecule has 10 nitrogen and oxygen atoms in total. The Kier molecular flexibility index (Phi) is 3.45. The van der Waals surface area contributed by atoms with Gasteiger partial charge in [-0.1, -0.05) is 12.1 Å². The van der Waals surface area contributed by atoms with Gasteiger partial charge in [0.25, 0.3) is 0 Å². The van der Waals surface area contributed by atoms with E-state index in [0.717, 1.165) is 0 Å². The van der Waals surface area contributed by atoms with Crippen LogP contribution in [0.1, 0.15) is 18.0 Å². The molecule has 0 spiro atoms. The lowest BCUT2D eigenvalue weighted by Crippen LogP contribution is -2.28. The standard InChI is InChI=1S/C19H13FN8O2/c20-11-3-1-2-10-13(4-5-30-15(10)11)28-17-12(25-19(28)29)6-22-18(26-17)27-9-24-16-14(27)7-21-8-23-16/h1-3,6-9,13H,4-5H2,(H,25,29)/t13-/m1/s1. The fourth-order valence-electron chi connectivity index (χ4n) is 3.87. The molecule has 0 amide bonds. The van der Waals surface area contributed by atoms with Crippen molar-refractivity contribution in [2.45, 2.75) is 12.5 Å². The van der Waals surface area contributed by atoms with Crippen LogP contribution in [0.2, 0.25) is 0 Å². The van der Waals surface area contributed by atoms with Gasteiger partial charge in [-0.2, -0.15) is 4.98 Å². The van der Waals surface area contributed by atoms with Crippen LogP contribution >= 0.6 is 0 Å². The normalized spacial score (nSPS) is 16.0. The fraction of sp³-hybridized carbons (Fsp3) is 0.158. The first-order chi connectivity index (χ1) is 14.7. The summed E-state index contributed by atoms with van der Waals surface area (Å²) in [5.41, 5.74) is 2.29. The minimum absolute atomic E-state index is 0.169. The Balaban J connectivity index is 1.57. The number of aromatic nitrogens is 8. The van der Waals surface area contributed by atoms with Crippen LogP contribution in [0.3, 0.4) is 0 Å². The molecular formula is C19H13FN8O2. The molecule has 6 rings (SSSR count). The van der Waals surface area contributed by atoms with Crippen molar-refractivity contribution in [1.82, 2.24) is 39.0 Å². The summed E-state index contributed by atoms with van der Waals surface area (Å²) in [6, 6.07) is 4.28. The molecular weight excluding hydrogens is 391 g/mol. The summed E-state index contributed by atoms with van der Waals surface area (Å²) in [6.45, 7) is 0.291. The molecule has 0 unspecified atom stereocenters. The molecule has 1 aromatic carbocycles.